The number of rotatable bonds is 7. The predicted octanol–water partition coefficient (Wildman–Crippen LogP) is 4.19. The van der Waals surface area contributed by atoms with Crippen LogP contribution in [-0.2, 0) is 14.8 Å². The average molecular weight is 535 g/mol. The molecule has 33 heavy (non-hydrogen) atoms. The number of anilines is 1. The van der Waals surface area contributed by atoms with Crippen LogP contribution in [0.2, 0.25) is 0 Å². The smallest absolute Gasteiger partial charge is 0.340 e. The molecule has 2 aromatic rings. The normalized spacial score (nSPS) is 14.8. The van der Waals surface area contributed by atoms with Crippen molar-refractivity contribution in [3.8, 4) is 17.6 Å². The maximum Gasteiger partial charge on any atom is 0.340 e. The topological polar surface area (TPSA) is 76.2 Å². The Labute approximate surface area is 203 Å². The van der Waals surface area contributed by atoms with Crippen molar-refractivity contribution in [1.29, 1.82) is 0 Å². The maximum atomic E-state index is 13.4. The fourth-order valence-corrected chi connectivity index (χ4v) is 5.66. The Morgan fingerprint density at radius 3 is 2.39 bits per heavy atom. The molecule has 1 fully saturated rings. The van der Waals surface area contributed by atoms with Gasteiger partial charge in [0.15, 0.2) is 0 Å². The third-order valence-corrected chi connectivity index (χ3v) is 7.68. The van der Waals surface area contributed by atoms with Gasteiger partial charge in [0.2, 0.25) is 6.23 Å². The van der Waals surface area contributed by atoms with E-state index in [-0.39, 0.29) is 22.4 Å². The van der Waals surface area contributed by atoms with E-state index < -0.39 is 16.0 Å². The van der Waals surface area contributed by atoms with Gasteiger partial charge in [-0.05, 0) is 74.6 Å². The molecule has 0 spiro atoms. The third kappa shape index (κ3) is 5.52. The van der Waals surface area contributed by atoms with E-state index in [0.717, 1.165) is 30.2 Å². The number of hydrogen-bond acceptors (Lipinski definition) is 6. The first-order chi connectivity index (χ1) is 15.7. The summed E-state index contributed by atoms with van der Waals surface area (Å²) in [6.07, 6.45) is 1.85. The molecule has 1 aliphatic heterocycles. The first-order valence-corrected chi connectivity index (χ1v) is 12.7. The molecule has 0 bridgehead atoms. The Hall–Kier alpha value is -2.54. The number of carbonyl (C=O) groups is 1. The highest BCUT2D eigenvalue weighted by Gasteiger charge is 2.28. The van der Waals surface area contributed by atoms with Gasteiger partial charge in [-0.2, -0.15) is 0 Å². The lowest BCUT2D eigenvalue weighted by Gasteiger charge is -2.25. The van der Waals surface area contributed by atoms with Crippen LogP contribution in [0.1, 0.15) is 35.7 Å². The van der Waals surface area contributed by atoms with Gasteiger partial charge in [0.1, 0.15) is 5.75 Å². The molecule has 0 radical (unpaired) electrons. The molecule has 0 saturated carbocycles. The quantitative estimate of drug-likeness (QED) is 0.391. The van der Waals surface area contributed by atoms with Crippen molar-refractivity contribution in [3.63, 3.8) is 0 Å². The lowest BCUT2D eigenvalue weighted by atomic mass is 10.1. The number of hydrogen-bond donors (Lipinski definition) is 0. The number of benzene rings is 2. The Kier molecular flexibility index (Phi) is 8.05. The zero-order chi connectivity index (χ0) is 24.2. The van der Waals surface area contributed by atoms with Gasteiger partial charge in [-0.1, -0.05) is 15.9 Å². The van der Waals surface area contributed by atoms with E-state index in [2.05, 4.69) is 32.7 Å². The molecule has 2 aromatic carbocycles. The largest absolute Gasteiger partial charge is 0.465 e. The minimum atomic E-state index is -3.95. The van der Waals surface area contributed by atoms with Crippen molar-refractivity contribution in [2.45, 2.75) is 37.8 Å². The Morgan fingerprint density at radius 2 is 1.82 bits per heavy atom. The molecule has 176 valence electrons. The molecule has 0 N–H and O–H groups in total. The summed E-state index contributed by atoms with van der Waals surface area (Å²) in [7, 11) is -1.27. The van der Waals surface area contributed by atoms with Gasteiger partial charge in [0.25, 0.3) is 10.0 Å². The first-order valence-electron chi connectivity index (χ1n) is 10.5. The molecular formula is C24H27BrN2O5S. The number of sulfonamides is 1. The lowest BCUT2D eigenvalue weighted by Crippen LogP contribution is -2.36. The molecular weight excluding hydrogens is 508 g/mol. The third-order valence-electron chi connectivity index (χ3n) is 5.46. The summed E-state index contributed by atoms with van der Waals surface area (Å²) in [6, 6.07) is 9.52. The molecule has 7 nitrogen and oxygen atoms in total. The molecule has 1 atom stereocenters. The lowest BCUT2D eigenvalue weighted by molar-refractivity contribution is 0.0601. The maximum absolute atomic E-state index is 13.4. The molecule has 0 amide bonds. The zero-order valence-corrected chi connectivity index (χ0v) is 21.5. The number of aryl methyl sites for hydroxylation is 1. The second kappa shape index (κ2) is 10.6. The molecule has 1 heterocycles. The van der Waals surface area contributed by atoms with Crippen LogP contribution in [0.3, 0.4) is 0 Å². The molecule has 1 aliphatic rings. The van der Waals surface area contributed by atoms with Crippen molar-refractivity contribution >= 4 is 37.6 Å². The standard InChI is InChI=1S/C24H27BrN2O5S/c1-5-8-22(27-13-6-7-14-27)32-19-9-11-20(12-10-19)33(29,30)26(3)23-17(2)15-18(25)16-21(23)24(28)31-4/h9-12,15-16,22H,6-7,13-14H2,1-4H3. The van der Waals surface area contributed by atoms with E-state index in [1.54, 1.807) is 38.1 Å². The summed E-state index contributed by atoms with van der Waals surface area (Å²) in [6.45, 7) is 5.35. The van der Waals surface area contributed by atoms with E-state index in [4.69, 9.17) is 9.47 Å². The molecule has 3 rings (SSSR count). The Balaban J connectivity index is 1.89. The van der Waals surface area contributed by atoms with Gasteiger partial charge in [-0.15, -0.1) is 5.92 Å². The summed E-state index contributed by atoms with van der Waals surface area (Å²) in [4.78, 5) is 14.6. The van der Waals surface area contributed by atoms with Gasteiger partial charge in [-0.25, -0.2) is 13.2 Å². The van der Waals surface area contributed by atoms with Crippen molar-refractivity contribution in [2.24, 2.45) is 0 Å². The van der Waals surface area contributed by atoms with E-state index in [1.807, 2.05) is 0 Å². The van der Waals surface area contributed by atoms with Crippen molar-refractivity contribution < 1.29 is 22.7 Å². The fraction of sp³-hybridized carbons (Fsp3) is 0.375. The average Bonchev–Trinajstić information content (AvgIpc) is 3.32. The monoisotopic (exact) mass is 534 g/mol. The second-order valence-corrected chi connectivity index (χ2v) is 10.5. The number of ether oxygens (including phenoxy) is 2. The van der Waals surface area contributed by atoms with E-state index in [1.165, 1.54) is 26.3 Å². The van der Waals surface area contributed by atoms with Crippen LogP contribution >= 0.6 is 15.9 Å². The van der Waals surface area contributed by atoms with Gasteiger partial charge in [-0.3, -0.25) is 9.21 Å². The number of carbonyl (C=O) groups excluding carboxylic acids is 1. The highest BCUT2D eigenvalue weighted by Crippen LogP contribution is 2.33. The number of esters is 1. The number of likely N-dealkylation sites (tertiary alicyclic amines) is 1. The SMILES string of the molecule is CC#CC(Oc1ccc(S(=O)(=O)N(C)c2c(C)cc(Br)cc2C(=O)OC)cc1)N1CCCC1. The van der Waals surface area contributed by atoms with Crippen molar-refractivity contribution in [2.75, 3.05) is 31.6 Å². The van der Waals surface area contributed by atoms with Crippen LogP contribution in [-0.4, -0.2) is 52.8 Å². The summed E-state index contributed by atoms with van der Waals surface area (Å²) < 4.78 is 39.4. The fourth-order valence-electron chi connectivity index (χ4n) is 3.81. The van der Waals surface area contributed by atoms with Crippen LogP contribution in [0.4, 0.5) is 5.69 Å². The predicted molar refractivity (Wildman–Crippen MR) is 131 cm³/mol. The van der Waals surface area contributed by atoms with Crippen LogP contribution in [0.5, 0.6) is 5.75 Å². The van der Waals surface area contributed by atoms with E-state index >= 15 is 0 Å². The van der Waals surface area contributed by atoms with E-state index in [0.29, 0.717) is 15.8 Å². The van der Waals surface area contributed by atoms with Gasteiger partial charge in [0, 0.05) is 24.6 Å². The summed E-state index contributed by atoms with van der Waals surface area (Å²) in [5.74, 6) is 5.89. The van der Waals surface area contributed by atoms with Crippen molar-refractivity contribution in [3.05, 3.63) is 52.0 Å². The van der Waals surface area contributed by atoms with Crippen LogP contribution in [0.25, 0.3) is 0 Å². The summed E-state index contributed by atoms with van der Waals surface area (Å²) >= 11 is 3.35. The minimum absolute atomic E-state index is 0.0785. The Morgan fingerprint density at radius 1 is 1.18 bits per heavy atom. The van der Waals surface area contributed by atoms with Gasteiger partial charge in [0.05, 0.1) is 23.3 Å². The summed E-state index contributed by atoms with van der Waals surface area (Å²) in [5.41, 5.74) is 1.03. The number of halogens is 1. The number of methoxy groups -OCH3 is 1. The van der Waals surface area contributed by atoms with Crippen LogP contribution in [0, 0.1) is 18.8 Å². The highest BCUT2D eigenvalue weighted by atomic mass is 79.9. The second-order valence-electron chi connectivity index (χ2n) is 7.66. The molecule has 1 unspecified atom stereocenters. The molecule has 1 saturated heterocycles. The first kappa shape index (κ1) is 25.1. The number of nitrogens with zero attached hydrogens (tertiary/aromatic N) is 2. The highest BCUT2D eigenvalue weighted by molar-refractivity contribution is 9.10. The van der Waals surface area contributed by atoms with Crippen LogP contribution in [0.15, 0.2) is 45.8 Å². The minimum Gasteiger partial charge on any atom is -0.465 e. The Bertz CT molecular complexity index is 1180. The zero-order valence-electron chi connectivity index (χ0n) is 19.1. The van der Waals surface area contributed by atoms with Gasteiger partial charge < -0.3 is 9.47 Å². The summed E-state index contributed by atoms with van der Waals surface area (Å²) in [5, 5.41) is 0. The van der Waals surface area contributed by atoms with Crippen LogP contribution < -0.4 is 9.04 Å². The molecule has 0 aliphatic carbocycles. The van der Waals surface area contributed by atoms with E-state index in [9.17, 15) is 13.2 Å². The van der Waals surface area contributed by atoms with Gasteiger partial charge >= 0.3 is 5.97 Å². The van der Waals surface area contributed by atoms with Crippen molar-refractivity contribution in [1.82, 2.24) is 4.90 Å². The molecule has 9 heteroatoms. The molecule has 0 aromatic heterocycles.